The van der Waals surface area contributed by atoms with Crippen LogP contribution in [0.25, 0.3) is 0 Å². The van der Waals surface area contributed by atoms with Crippen molar-refractivity contribution < 1.29 is 18.9 Å². The normalized spacial score (nSPS) is 16.7. The number of benzene rings is 1. The van der Waals surface area contributed by atoms with Gasteiger partial charge in [0.25, 0.3) is 0 Å². The molecule has 2 rings (SSSR count). The maximum atomic E-state index is 11.7. The first-order chi connectivity index (χ1) is 10.8. The Morgan fingerprint density at radius 3 is 2.78 bits per heavy atom. The SMILES string of the molecule is CC(C)COc1cccc2c1[B]O[C@@H]2CNC(=O)OC(C)(C)C. The van der Waals surface area contributed by atoms with Crippen LogP contribution in [0.3, 0.4) is 0 Å². The van der Waals surface area contributed by atoms with Crippen molar-refractivity contribution in [1.29, 1.82) is 0 Å². The van der Waals surface area contributed by atoms with Crippen molar-refractivity contribution in [2.24, 2.45) is 5.92 Å². The van der Waals surface area contributed by atoms with Gasteiger partial charge in [0.15, 0.2) is 0 Å². The second-order valence-electron chi connectivity index (χ2n) is 7.09. The van der Waals surface area contributed by atoms with Crippen LogP contribution in [0.5, 0.6) is 5.75 Å². The Morgan fingerprint density at radius 2 is 2.13 bits per heavy atom. The molecular formula is C17H25BNO4. The Bertz CT molecular complexity index is 554. The van der Waals surface area contributed by atoms with E-state index < -0.39 is 11.7 Å². The minimum absolute atomic E-state index is 0.222. The number of carbonyl (C=O) groups is 1. The Kier molecular flexibility index (Phi) is 5.57. The molecule has 1 aliphatic rings. The molecule has 0 saturated carbocycles. The largest absolute Gasteiger partial charge is 0.494 e. The molecule has 1 radical (unpaired) electrons. The lowest BCUT2D eigenvalue weighted by Crippen LogP contribution is -2.34. The molecule has 125 valence electrons. The number of alkyl carbamates (subject to hydrolysis) is 1. The highest BCUT2D eigenvalue weighted by atomic mass is 16.6. The molecule has 1 aromatic rings. The highest BCUT2D eigenvalue weighted by Gasteiger charge is 2.28. The molecule has 0 aliphatic carbocycles. The van der Waals surface area contributed by atoms with Gasteiger partial charge < -0.3 is 19.4 Å². The van der Waals surface area contributed by atoms with E-state index in [9.17, 15) is 4.79 Å². The molecule has 1 aliphatic heterocycles. The molecule has 1 N–H and O–H groups in total. The number of nitrogens with one attached hydrogen (secondary N) is 1. The molecule has 6 heteroatoms. The second kappa shape index (κ2) is 7.26. The fourth-order valence-corrected chi connectivity index (χ4v) is 2.22. The quantitative estimate of drug-likeness (QED) is 0.848. The van der Waals surface area contributed by atoms with Gasteiger partial charge in [0.1, 0.15) is 11.4 Å². The van der Waals surface area contributed by atoms with Gasteiger partial charge >= 0.3 is 13.6 Å². The summed E-state index contributed by atoms with van der Waals surface area (Å²) in [5, 5.41) is 2.74. The van der Waals surface area contributed by atoms with Gasteiger partial charge in [0.2, 0.25) is 0 Å². The molecule has 0 aromatic heterocycles. The highest BCUT2D eigenvalue weighted by Crippen LogP contribution is 2.25. The molecule has 0 bridgehead atoms. The molecule has 1 atom stereocenters. The average Bonchev–Trinajstić information content (AvgIpc) is 2.84. The standard InChI is InChI=1S/C17H25BNO4/c1-11(2)10-21-13-8-6-7-12-14(23-18-15(12)13)9-19-16(20)22-17(3,4)5/h6-8,11,14H,9-10H2,1-5H3,(H,19,20)/t14-/m1/s1. The van der Waals surface area contributed by atoms with Crippen molar-refractivity contribution in [3.05, 3.63) is 23.8 Å². The van der Waals surface area contributed by atoms with Crippen molar-refractivity contribution in [2.75, 3.05) is 13.2 Å². The number of hydrogen-bond acceptors (Lipinski definition) is 4. The van der Waals surface area contributed by atoms with Crippen molar-refractivity contribution in [1.82, 2.24) is 5.32 Å². The molecule has 0 spiro atoms. The molecule has 0 unspecified atom stereocenters. The van der Waals surface area contributed by atoms with Crippen LogP contribution in [0.2, 0.25) is 0 Å². The summed E-state index contributed by atoms with van der Waals surface area (Å²) >= 11 is 0. The first kappa shape index (κ1) is 17.7. The molecule has 1 aromatic carbocycles. The number of hydrogen-bond donors (Lipinski definition) is 1. The molecule has 0 saturated heterocycles. The molecule has 1 heterocycles. The van der Waals surface area contributed by atoms with E-state index in [1.807, 2.05) is 39.0 Å². The summed E-state index contributed by atoms with van der Waals surface area (Å²) in [4.78, 5) is 11.7. The van der Waals surface area contributed by atoms with Gasteiger partial charge in [-0.3, -0.25) is 0 Å². The summed E-state index contributed by atoms with van der Waals surface area (Å²) < 4.78 is 16.7. The summed E-state index contributed by atoms with van der Waals surface area (Å²) in [6.07, 6.45) is -0.665. The minimum Gasteiger partial charge on any atom is -0.494 e. The van der Waals surface area contributed by atoms with Gasteiger partial charge in [-0.25, -0.2) is 4.79 Å². The van der Waals surface area contributed by atoms with Gasteiger partial charge in [-0.05, 0) is 43.8 Å². The van der Waals surface area contributed by atoms with Crippen LogP contribution in [-0.4, -0.2) is 32.3 Å². The molecule has 5 nitrogen and oxygen atoms in total. The van der Waals surface area contributed by atoms with Crippen molar-refractivity contribution in [3.8, 4) is 5.75 Å². The zero-order valence-corrected chi connectivity index (χ0v) is 14.5. The van der Waals surface area contributed by atoms with Crippen molar-refractivity contribution in [3.63, 3.8) is 0 Å². The van der Waals surface area contributed by atoms with E-state index in [1.54, 1.807) is 7.48 Å². The lowest BCUT2D eigenvalue weighted by atomic mass is 9.85. The molecular weight excluding hydrogens is 293 g/mol. The topological polar surface area (TPSA) is 56.8 Å². The smallest absolute Gasteiger partial charge is 0.407 e. The van der Waals surface area contributed by atoms with Crippen LogP contribution in [0.1, 0.15) is 46.3 Å². The lowest BCUT2D eigenvalue weighted by Gasteiger charge is -2.21. The Labute approximate surface area is 139 Å². The van der Waals surface area contributed by atoms with Gasteiger partial charge in [-0.2, -0.15) is 0 Å². The van der Waals surface area contributed by atoms with Crippen LogP contribution in [0.15, 0.2) is 18.2 Å². The Hall–Kier alpha value is -1.69. The van der Waals surface area contributed by atoms with Crippen LogP contribution in [0, 0.1) is 5.92 Å². The fourth-order valence-electron chi connectivity index (χ4n) is 2.22. The Balaban J connectivity index is 1.96. The van der Waals surface area contributed by atoms with Crippen LogP contribution in [0.4, 0.5) is 4.79 Å². The van der Waals surface area contributed by atoms with E-state index in [-0.39, 0.29) is 6.10 Å². The Morgan fingerprint density at radius 1 is 1.39 bits per heavy atom. The fraction of sp³-hybridized carbons (Fsp3) is 0.588. The summed E-state index contributed by atoms with van der Waals surface area (Å²) in [5.74, 6) is 1.27. The van der Waals surface area contributed by atoms with E-state index in [2.05, 4.69) is 19.2 Å². The predicted octanol–water partition coefficient (Wildman–Crippen LogP) is 2.56. The van der Waals surface area contributed by atoms with Crippen LogP contribution in [-0.2, 0) is 9.39 Å². The van der Waals surface area contributed by atoms with E-state index >= 15 is 0 Å². The third-order valence-corrected chi connectivity index (χ3v) is 3.20. The molecule has 23 heavy (non-hydrogen) atoms. The highest BCUT2D eigenvalue weighted by molar-refractivity contribution is 6.50. The van der Waals surface area contributed by atoms with Crippen LogP contribution >= 0.6 is 0 Å². The predicted molar refractivity (Wildman–Crippen MR) is 90.2 cm³/mol. The number of carbonyl (C=O) groups excluding carboxylic acids is 1. The number of amides is 1. The minimum atomic E-state index is -0.511. The summed E-state index contributed by atoms with van der Waals surface area (Å²) in [5.41, 5.74) is 1.45. The number of fused-ring (bicyclic) bond motifs is 1. The molecule has 0 fully saturated rings. The zero-order chi connectivity index (χ0) is 17.0. The van der Waals surface area contributed by atoms with E-state index in [0.29, 0.717) is 19.1 Å². The van der Waals surface area contributed by atoms with E-state index in [1.165, 1.54) is 0 Å². The maximum absolute atomic E-state index is 11.7. The van der Waals surface area contributed by atoms with Crippen molar-refractivity contribution >= 4 is 19.0 Å². The van der Waals surface area contributed by atoms with Gasteiger partial charge in [0.05, 0.1) is 12.7 Å². The van der Waals surface area contributed by atoms with Gasteiger partial charge in [0, 0.05) is 6.54 Å². The first-order valence-electron chi connectivity index (χ1n) is 7.97. The van der Waals surface area contributed by atoms with Crippen molar-refractivity contribution in [2.45, 2.75) is 46.3 Å². The number of rotatable bonds is 5. The monoisotopic (exact) mass is 318 g/mol. The average molecular weight is 318 g/mol. The molecule has 1 amide bonds. The van der Waals surface area contributed by atoms with Gasteiger partial charge in [-0.15, -0.1) is 0 Å². The maximum Gasteiger partial charge on any atom is 0.407 e. The third kappa shape index (κ3) is 5.17. The summed E-state index contributed by atoms with van der Waals surface area (Å²) in [7, 11) is 1.70. The first-order valence-corrected chi connectivity index (χ1v) is 7.97. The second-order valence-corrected chi connectivity index (χ2v) is 7.09. The lowest BCUT2D eigenvalue weighted by molar-refractivity contribution is 0.0504. The van der Waals surface area contributed by atoms with E-state index in [0.717, 1.165) is 16.8 Å². The zero-order valence-electron chi connectivity index (χ0n) is 14.5. The third-order valence-electron chi connectivity index (χ3n) is 3.20. The summed E-state index contributed by atoms with van der Waals surface area (Å²) in [6, 6.07) is 5.87. The van der Waals surface area contributed by atoms with E-state index in [4.69, 9.17) is 14.1 Å². The van der Waals surface area contributed by atoms with Crippen LogP contribution < -0.4 is 15.5 Å². The summed E-state index contributed by atoms with van der Waals surface area (Å²) in [6.45, 7) is 10.7. The van der Waals surface area contributed by atoms with Gasteiger partial charge in [-0.1, -0.05) is 26.0 Å². The number of ether oxygens (including phenoxy) is 2.